The minimum absolute atomic E-state index is 0.103. The van der Waals surface area contributed by atoms with Gasteiger partial charge in [0.15, 0.2) is 0 Å². The molecule has 7 nitrogen and oxygen atoms in total. The summed E-state index contributed by atoms with van der Waals surface area (Å²) in [7, 11) is -3.19. The number of hydrogen-bond acceptors (Lipinski definition) is 4. The quantitative estimate of drug-likeness (QED) is 0.729. The lowest BCUT2D eigenvalue weighted by Crippen LogP contribution is -2.47. The van der Waals surface area contributed by atoms with Crippen LogP contribution in [0.1, 0.15) is 51.9 Å². The fraction of sp³-hybridized carbons (Fsp3) is 0.882. The molecule has 0 saturated carbocycles. The highest BCUT2D eigenvalue weighted by Gasteiger charge is 2.34. The molecule has 0 aliphatic carbocycles. The lowest BCUT2D eigenvalue weighted by atomic mass is 9.91. The van der Waals surface area contributed by atoms with Gasteiger partial charge in [-0.1, -0.05) is 13.3 Å². The van der Waals surface area contributed by atoms with Gasteiger partial charge in [0.25, 0.3) is 0 Å². The Bertz CT molecular complexity index is 562. The standard InChI is InChI=1S/C17H30N2O5S/c1-2-3-12-25(23,24)19-10-6-15(7-11-19)17(22)18-8-4-14(5-9-18)13-16(20)21/h14-15H,2-13H2,1H3,(H,20,21). The van der Waals surface area contributed by atoms with Crippen LogP contribution in [0.3, 0.4) is 0 Å². The van der Waals surface area contributed by atoms with Gasteiger partial charge in [-0.05, 0) is 38.0 Å². The molecule has 2 aliphatic rings. The molecule has 1 amide bonds. The predicted molar refractivity (Wildman–Crippen MR) is 94.5 cm³/mol. The molecule has 0 bridgehead atoms. The molecule has 144 valence electrons. The van der Waals surface area contributed by atoms with Crippen molar-refractivity contribution in [3.63, 3.8) is 0 Å². The van der Waals surface area contributed by atoms with Crippen LogP contribution in [0.2, 0.25) is 0 Å². The molecule has 0 aromatic carbocycles. The first-order chi connectivity index (χ1) is 11.8. The number of amides is 1. The summed E-state index contributed by atoms with van der Waals surface area (Å²) in [4.78, 5) is 25.3. The number of rotatable bonds is 7. The first kappa shape index (κ1) is 20.2. The lowest BCUT2D eigenvalue weighted by molar-refractivity contribution is -0.140. The van der Waals surface area contributed by atoms with Crippen LogP contribution in [-0.2, 0) is 19.6 Å². The van der Waals surface area contributed by atoms with Gasteiger partial charge in [0, 0.05) is 38.5 Å². The summed E-state index contributed by atoms with van der Waals surface area (Å²) in [6, 6.07) is 0. The zero-order chi connectivity index (χ0) is 18.4. The number of carboxylic acids is 1. The zero-order valence-corrected chi connectivity index (χ0v) is 15.8. The smallest absolute Gasteiger partial charge is 0.303 e. The van der Waals surface area contributed by atoms with Crippen molar-refractivity contribution in [3.8, 4) is 0 Å². The maximum absolute atomic E-state index is 12.7. The van der Waals surface area contributed by atoms with Crippen molar-refractivity contribution in [3.05, 3.63) is 0 Å². The molecule has 2 heterocycles. The SMILES string of the molecule is CCCCS(=O)(=O)N1CCC(C(=O)N2CCC(CC(=O)O)CC2)CC1. The van der Waals surface area contributed by atoms with Gasteiger partial charge in [-0.2, -0.15) is 0 Å². The summed E-state index contributed by atoms with van der Waals surface area (Å²) in [6.07, 6.45) is 4.34. The van der Waals surface area contributed by atoms with Crippen LogP contribution in [0.15, 0.2) is 0 Å². The molecule has 25 heavy (non-hydrogen) atoms. The number of carbonyl (C=O) groups excluding carboxylic acids is 1. The van der Waals surface area contributed by atoms with Crippen molar-refractivity contribution < 1.29 is 23.1 Å². The molecule has 2 saturated heterocycles. The molecule has 2 fully saturated rings. The van der Waals surface area contributed by atoms with Gasteiger partial charge < -0.3 is 10.0 Å². The Kier molecular flexibility index (Phi) is 7.25. The van der Waals surface area contributed by atoms with Gasteiger partial charge >= 0.3 is 5.97 Å². The van der Waals surface area contributed by atoms with Crippen LogP contribution in [0, 0.1) is 11.8 Å². The maximum atomic E-state index is 12.7. The van der Waals surface area contributed by atoms with Gasteiger partial charge in [-0.3, -0.25) is 9.59 Å². The first-order valence-corrected chi connectivity index (χ1v) is 10.9. The molecule has 8 heteroatoms. The fourth-order valence-electron chi connectivity index (χ4n) is 3.70. The van der Waals surface area contributed by atoms with E-state index < -0.39 is 16.0 Å². The minimum atomic E-state index is -3.19. The van der Waals surface area contributed by atoms with E-state index in [4.69, 9.17) is 5.11 Å². The molecular formula is C17H30N2O5S. The van der Waals surface area contributed by atoms with Crippen LogP contribution >= 0.6 is 0 Å². The van der Waals surface area contributed by atoms with Crippen LogP contribution in [0.4, 0.5) is 0 Å². The largest absolute Gasteiger partial charge is 0.481 e. The molecule has 2 aliphatic heterocycles. The van der Waals surface area contributed by atoms with Crippen molar-refractivity contribution in [1.29, 1.82) is 0 Å². The van der Waals surface area contributed by atoms with Crippen LogP contribution in [-0.4, -0.2) is 66.5 Å². The summed E-state index contributed by atoms with van der Waals surface area (Å²) in [5.41, 5.74) is 0. The molecule has 1 N–H and O–H groups in total. The van der Waals surface area contributed by atoms with Crippen LogP contribution in [0.25, 0.3) is 0 Å². The Labute approximate surface area is 150 Å². The minimum Gasteiger partial charge on any atom is -0.481 e. The van der Waals surface area contributed by atoms with Crippen molar-refractivity contribution in [2.24, 2.45) is 11.8 Å². The summed E-state index contributed by atoms with van der Waals surface area (Å²) in [5, 5.41) is 8.85. The predicted octanol–water partition coefficient (Wildman–Crippen LogP) is 1.54. The van der Waals surface area contributed by atoms with E-state index in [9.17, 15) is 18.0 Å². The highest BCUT2D eigenvalue weighted by Crippen LogP contribution is 2.26. The normalized spacial score (nSPS) is 21.4. The van der Waals surface area contributed by atoms with Gasteiger partial charge in [0.05, 0.1) is 5.75 Å². The van der Waals surface area contributed by atoms with Crippen molar-refractivity contribution in [2.75, 3.05) is 31.9 Å². The van der Waals surface area contributed by atoms with Crippen molar-refractivity contribution >= 4 is 21.9 Å². The number of nitrogens with zero attached hydrogens (tertiary/aromatic N) is 2. The Balaban J connectivity index is 1.79. The lowest BCUT2D eigenvalue weighted by Gasteiger charge is -2.36. The highest BCUT2D eigenvalue weighted by atomic mass is 32.2. The van der Waals surface area contributed by atoms with E-state index in [1.807, 2.05) is 11.8 Å². The Morgan fingerprint density at radius 1 is 1.04 bits per heavy atom. The van der Waals surface area contributed by atoms with E-state index in [1.165, 1.54) is 4.31 Å². The summed E-state index contributed by atoms with van der Waals surface area (Å²) >= 11 is 0. The monoisotopic (exact) mass is 374 g/mol. The second kappa shape index (κ2) is 8.98. The molecular weight excluding hydrogens is 344 g/mol. The number of piperidine rings is 2. The number of likely N-dealkylation sites (tertiary alicyclic amines) is 1. The molecule has 2 rings (SSSR count). The van der Waals surface area contributed by atoms with E-state index >= 15 is 0 Å². The highest BCUT2D eigenvalue weighted by molar-refractivity contribution is 7.89. The van der Waals surface area contributed by atoms with Crippen molar-refractivity contribution in [2.45, 2.75) is 51.9 Å². The third kappa shape index (κ3) is 5.67. The average molecular weight is 375 g/mol. The third-order valence-electron chi connectivity index (χ3n) is 5.34. The summed E-state index contributed by atoms with van der Waals surface area (Å²) < 4.78 is 26.0. The Morgan fingerprint density at radius 2 is 1.64 bits per heavy atom. The third-order valence-corrected chi connectivity index (χ3v) is 7.30. The topological polar surface area (TPSA) is 95.0 Å². The first-order valence-electron chi connectivity index (χ1n) is 9.32. The second-order valence-corrected chi connectivity index (χ2v) is 9.30. The number of carboxylic acid groups (broad SMARTS) is 1. The molecule has 0 radical (unpaired) electrons. The second-order valence-electron chi connectivity index (χ2n) is 7.21. The number of carbonyl (C=O) groups is 2. The molecule has 0 aromatic heterocycles. The van der Waals surface area contributed by atoms with E-state index in [0.29, 0.717) is 45.4 Å². The van der Waals surface area contributed by atoms with Crippen LogP contribution < -0.4 is 0 Å². The summed E-state index contributed by atoms with van der Waals surface area (Å²) in [5.74, 6) is -0.416. The number of hydrogen-bond donors (Lipinski definition) is 1. The van der Waals surface area contributed by atoms with Crippen molar-refractivity contribution in [1.82, 2.24) is 9.21 Å². The Morgan fingerprint density at radius 3 is 2.16 bits per heavy atom. The van der Waals surface area contributed by atoms with Gasteiger partial charge in [0.2, 0.25) is 15.9 Å². The number of aliphatic carboxylic acids is 1. The molecule has 0 unspecified atom stereocenters. The van der Waals surface area contributed by atoms with E-state index in [0.717, 1.165) is 19.3 Å². The number of unbranched alkanes of at least 4 members (excludes halogenated alkanes) is 1. The number of sulfonamides is 1. The van der Waals surface area contributed by atoms with Gasteiger partial charge in [-0.15, -0.1) is 0 Å². The molecule has 0 spiro atoms. The van der Waals surface area contributed by atoms with Gasteiger partial charge in [0.1, 0.15) is 0 Å². The zero-order valence-electron chi connectivity index (χ0n) is 15.0. The average Bonchev–Trinajstić information content (AvgIpc) is 2.60. The summed E-state index contributed by atoms with van der Waals surface area (Å²) in [6.45, 7) is 4.06. The van der Waals surface area contributed by atoms with E-state index in [-0.39, 0.29) is 29.9 Å². The fourth-order valence-corrected chi connectivity index (χ4v) is 5.38. The maximum Gasteiger partial charge on any atom is 0.303 e. The van der Waals surface area contributed by atoms with Gasteiger partial charge in [-0.25, -0.2) is 12.7 Å². The molecule has 0 atom stereocenters. The van der Waals surface area contributed by atoms with Crippen LogP contribution in [0.5, 0.6) is 0 Å². The van der Waals surface area contributed by atoms with E-state index in [2.05, 4.69) is 0 Å². The Hall–Kier alpha value is -1.15. The van der Waals surface area contributed by atoms with E-state index in [1.54, 1.807) is 0 Å². The molecule has 0 aromatic rings.